The molecule has 3 rings (SSSR count). The van der Waals surface area contributed by atoms with E-state index in [0.29, 0.717) is 16.8 Å². The number of benzene rings is 2. The van der Waals surface area contributed by atoms with Crippen molar-refractivity contribution >= 4 is 20.0 Å². The fraction of sp³-hybridized carbons (Fsp3) is 0.167. The van der Waals surface area contributed by atoms with Crippen LogP contribution in [-0.4, -0.2) is 35.2 Å². The van der Waals surface area contributed by atoms with Gasteiger partial charge in [0.1, 0.15) is 11.5 Å². The number of oxazole rings is 1. The Morgan fingerprint density at radius 2 is 1.54 bits per heavy atom. The molecule has 0 bridgehead atoms. The molecular weight excluding hydrogens is 409 g/mol. The Morgan fingerprint density at radius 1 is 0.964 bits per heavy atom. The number of hydrogen-bond acceptors (Lipinski definition) is 7. The van der Waals surface area contributed by atoms with Crippen molar-refractivity contribution in [2.24, 2.45) is 0 Å². The molecule has 0 aliphatic heterocycles. The summed E-state index contributed by atoms with van der Waals surface area (Å²) in [7, 11) is -6.21. The summed E-state index contributed by atoms with van der Waals surface area (Å²) in [4.78, 5) is 4.35. The molecule has 0 unspecified atom stereocenters. The minimum Gasteiger partial charge on any atom is -0.439 e. The summed E-state index contributed by atoms with van der Waals surface area (Å²) in [5.74, 6) is -0.899. The van der Waals surface area contributed by atoms with E-state index in [1.165, 1.54) is 48.5 Å². The third kappa shape index (κ3) is 4.46. The molecule has 0 aliphatic rings. The Hall–Kier alpha value is -2.56. The van der Waals surface area contributed by atoms with Gasteiger partial charge in [-0.05, 0) is 48.5 Å². The van der Waals surface area contributed by atoms with Gasteiger partial charge in [-0.15, -0.1) is 0 Å². The molecule has 0 atom stereocenters. The van der Waals surface area contributed by atoms with E-state index in [-0.39, 0.29) is 16.5 Å². The molecule has 7 nitrogen and oxygen atoms in total. The molecule has 0 aliphatic carbocycles. The van der Waals surface area contributed by atoms with Crippen LogP contribution >= 0.6 is 0 Å². The Kier molecular flexibility index (Phi) is 5.37. The first-order valence-electron chi connectivity index (χ1n) is 7.93. The van der Waals surface area contributed by atoms with Gasteiger partial charge in [0, 0.05) is 17.4 Å². The molecule has 0 saturated heterocycles. The zero-order valence-electron chi connectivity index (χ0n) is 14.9. The van der Waals surface area contributed by atoms with E-state index in [4.69, 9.17) is 4.42 Å². The molecule has 10 heteroatoms. The second-order valence-electron chi connectivity index (χ2n) is 5.96. The molecule has 0 radical (unpaired) electrons. The van der Waals surface area contributed by atoms with Gasteiger partial charge in [-0.25, -0.2) is 17.8 Å². The van der Waals surface area contributed by atoms with Gasteiger partial charge in [0.25, 0.3) is 10.1 Å². The second kappa shape index (κ2) is 7.46. The van der Waals surface area contributed by atoms with Crippen molar-refractivity contribution in [3.05, 3.63) is 60.2 Å². The van der Waals surface area contributed by atoms with Crippen LogP contribution in [0.15, 0.2) is 57.8 Å². The van der Waals surface area contributed by atoms with Gasteiger partial charge >= 0.3 is 0 Å². The topological polar surface area (TPSA) is 104 Å². The molecule has 1 heterocycles. The van der Waals surface area contributed by atoms with Gasteiger partial charge in [-0.3, -0.25) is 4.18 Å². The Labute approximate surface area is 161 Å². The molecular formula is C18H16FNO6S2. The second-order valence-corrected chi connectivity index (χ2v) is 9.71. The van der Waals surface area contributed by atoms with Gasteiger partial charge in [-0.2, -0.15) is 8.42 Å². The molecule has 0 amide bonds. The first kappa shape index (κ1) is 20.2. The van der Waals surface area contributed by atoms with Crippen molar-refractivity contribution in [1.29, 1.82) is 0 Å². The van der Waals surface area contributed by atoms with Crippen LogP contribution in [0.3, 0.4) is 0 Å². The van der Waals surface area contributed by atoms with Crippen LogP contribution in [-0.2, 0) is 29.9 Å². The lowest BCUT2D eigenvalue weighted by Gasteiger charge is -2.03. The quantitative estimate of drug-likeness (QED) is 0.559. The van der Waals surface area contributed by atoms with Crippen LogP contribution < -0.4 is 0 Å². The number of rotatable bonds is 6. The van der Waals surface area contributed by atoms with Crippen molar-refractivity contribution in [2.45, 2.75) is 10.6 Å². The normalized spacial score (nSPS) is 12.2. The van der Waals surface area contributed by atoms with E-state index < -0.39 is 31.5 Å². The lowest BCUT2D eigenvalue weighted by molar-refractivity contribution is 0.391. The molecule has 0 N–H and O–H groups in total. The molecule has 148 valence electrons. The third-order valence-corrected chi connectivity index (χ3v) is 6.12. The predicted molar refractivity (Wildman–Crippen MR) is 100 cm³/mol. The maximum Gasteiger partial charge on any atom is 0.276 e. The fourth-order valence-electron chi connectivity index (χ4n) is 2.49. The Morgan fingerprint density at radius 3 is 2.07 bits per heavy atom. The van der Waals surface area contributed by atoms with Crippen molar-refractivity contribution in [3.63, 3.8) is 0 Å². The maximum atomic E-state index is 13.3. The fourth-order valence-corrected chi connectivity index (χ4v) is 3.66. The van der Waals surface area contributed by atoms with Gasteiger partial charge in [0.15, 0.2) is 21.4 Å². The zero-order chi connectivity index (χ0) is 20.5. The lowest BCUT2D eigenvalue weighted by atomic mass is 10.1. The minimum absolute atomic E-state index is 0.108. The Bertz CT molecular complexity index is 1200. The van der Waals surface area contributed by atoms with Crippen LogP contribution in [0.25, 0.3) is 22.6 Å². The predicted octanol–water partition coefficient (Wildman–Crippen LogP) is 3.03. The summed E-state index contributed by atoms with van der Waals surface area (Å²) in [5, 5.41) is 0. The van der Waals surface area contributed by atoms with Gasteiger partial charge in [0.05, 0.1) is 12.0 Å². The van der Waals surface area contributed by atoms with E-state index in [2.05, 4.69) is 9.17 Å². The van der Waals surface area contributed by atoms with E-state index in [0.717, 1.165) is 13.4 Å². The van der Waals surface area contributed by atoms with E-state index in [1.807, 2.05) is 0 Å². The van der Waals surface area contributed by atoms with E-state index in [9.17, 15) is 21.2 Å². The summed E-state index contributed by atoms with van der Waals surface area (Å²) in [6.07, 6.45) is 1.09. The van der Waals surface area contributed by atoms with Crippen molar-refractivity contribution in [2.75, 3.05) is 13.4 Å². The van der Waals surface area contributed by atoms with Crippen molar-refractivity contribution < 1.29 is 29.8 Å². The highest BCUT2D eigenvalue weighted by Crippen LogP contribution is 2.34. The van der Waals surface area contributed by atoms with Crippen LogP contribution in [0.5, 0.6) is 0 Å². The average molecular weight is 425 g/mol. The summed E-state index contributed by atoms with van der Waals surface area (Å²) in [6.45, 7) is 0. The van der Waals surface area contributed by atoms with Gasteiger partial charge < -0.3 is 4.42 Å². The highest BCUT2D eigenvalue weighted by molar-refractivity contribution is 7.90. The molecule has 28 heavy (non-hydrogen) atoms. The molecule has 1 aromatic heterocycles. The minimum atomic E-state index is -3.87. The largest absolute Gasteiger partial charge is 0.439 e. The number of hydrogen-bond donors (Lipinski definition) is 0. The number of aromatic nitrogens is 1. The smallest absolute Gasteiger partial charge is 0.276 e. The SMILES string of the molecule is COS(=O)(=O)Cc1nc(-c2ccc(F)cc2)c(-c2ccc(S(C)(=O)=O)cc2)o1. The van der Waals surface area contributed by atoms with Crippen molar-refractivity contribution in [1.82, 2.24) is 4.98 Å². The summed E-state index contributed by atoms with van der Waals surface area (Å²) < 4.78 is 70.1. The van der Waals surface area contributed by atoms with Gasteiger partial charge in [-0.1, -0.05) is 0 Å². The van der Waals surface area contributed by atoms with Crippen molar-refractivity contribution in [3.8, 4) is 22.6 Å². The highest BCUT2D eigenvalue weighted by atomic mass is 32.2. The summed E-state index contributed by atoms with van der Waals surface area (Å²) in [6, 6.07) is 11.3. The molecule has 0 spiro atoms. The number of halogens is 1. The first-order valence-corrected chi connectivity index (χ1v) is 11.4. The Balaban J connectivity index is 2.12. The molecule has 0 fully saturated rings. The first-order chi connectivity index (χ1) is 13.1. The average Bonchev–Trinajstić information content (AvgIpc) is 3.05. The summed E-state index contributed by atoms with van der Waals surface area (Å²) >= 11 is 0. The maximum absolute atomic E-state index is 13.3. The molecule has 0 saturated carbocycles. The van der Waals surface area contributed by atoms with E-state index in [1.54, 1.807) is 0 Å². The molecule has 2 aromatic carbocycles. The monoisotopic (exact) mass is 425 g/mol. The number of nitrogens with zero attached hydrogens (tertiary/aromatic N) is 1. The number of sulfone groups is 1. The molecule has 3 aromatic rings. The standard InChI is InChI=1S/C18H16FNO6S2/c1-25-28(23,24)11-16-20-17(12-3-7-14(19)8-4-12)18(26-16)13-5-9-15(10-6-13)27(2,21)22/h3-10H,11H2,1-2H3. The van der Waals surface area contributed by atoms with Gasteiger partial charge in [0.2, 0.25) is 5.89 Å². The summed E-state index contributed by atoms with van der Waals surface area (Å²) in [5.41, 5.74) is 1.29. The van der Waals surface area contributed by atoms with E-state index >= 15 is 0 Å². The highest BCUT2D eigenvalue weighted by Gasteiger charge is 2.22. The zero-order valence-corrected chi connectivity index (χ0v) is 16.6. The van der Waals surface area contributed by atoms with Crippen LogP contribution in [0.4, 0.5) is 4.39 Å². The van der Waals surface area contributed by atoms with Crippen LogP contribution in [0, 0.1) is 5.82 Å². The van der Waals surface area contributed by atoms with Crippen LogP contribution in [0.2, 0.25) is 0 Å². The van der Waals surface area contributed by atoms with Crippen LogP contribution in [0.1, 0.15) is 5.89 Å². The third-order valence-electron chi connectivity index (χ3n) is 3.89. The lowest BCUT2D eigenvalue weighted by Crippen LogP contribution is -2.05.